The minimum atomic E-state index is -0.522. The molecular weight excluding hydrogens is 206 g/mol. The van der Waals surface area contributed by atoms with Crippen LogP contribution >= 0.6 is 0 Å². The highest BCUT2D eigenvalue weighted by Gasteiger charge is 2.12. The molecule has 1 atom stereocenters. The molecule has 0 fully saturated rings. The Hall–Kier alpha value is -1.55. The molecule has 1 amide bonds. The second-order valence-electron chi connectivity index (χ2n) is 3.46. The van der Waals surface area contributed by atoms with Gasteiger partial charge in [-0.3, -0.25) is 4.79 Å². The molecule has 16 heavy (non-hydrogen) atoms. The number of rotatable bonds is 6. The van der Waals surface area contributed by atoms with Crippen molar-refractivity contribution in [2.75, 3.05) is 7.11 Å². The van der Waals surface area contributed by atoms with Crippen molar-refractivity contribution in [1.82, 2.24) is 0 Å². The van der Waals surface area contributed by atoms with Crippen LogP contribution in [0.2, 0.25) is 0 Å². The second-order valence-corrected chi connectivity index (χ2v) is 3.46. The molecule has 0 aliphatic heterocycles. The Morgan fingerprint density at radius 2 is 2.25 bits per heavy atom. The van der Waals surface area contributed by atoms with Gasteiger partial charge in [-0.25, -0.2) is 0 Å². The Bertz CT molecular complexity index is 352. The summed E-state index contributed by atoms with van der Waals surface area (Å²) in [5.74, 6) is 0.346. The highest BCUT2D eigenvalue weighted by atomic mass is 16.5. The van der Waals surface area contributed by atoms with Gasteiger partial charge < -0.3 is 15.2 Å². The molecule has 0 aromatic heterocycles. The highest BCUT2D eigenvalue weighted by molar-refractivity contribution is 5.78. The fraction of sp³-hybridized carbons (Fsp3) is 0.417. The topological polar surface area (TPSA) is 61.6 Å². The van der Waals surface area contributed by atoms with Crippen molar-refractivity contribution >= 4 is 5.91 Å². The maximum atomic E-state index is 10.9. The number of ether oxygens (including phenoxy) is 2. The molecule has 0 saturated heterocycles. The van der Waals surface area contributed by atoms with Gasteiger partial charge in [-0.2, -0.15) is 0 Å². The van der Waals surface area contributed by atoms with Crippen molar-refractivity contribution in [3.8, 4) is 5.75 Å². The van der Waals surface area contributed by atoms with E-state index < -0.39 is 12.0 Å². The molecule has 4 nitrogen and oxygen atoms in total. The van der Waals surface area contributed by atoms with Crippen LogP contribution in [0.4, 0.5) is 0 Å². The van der Waals surface area contributed by atoms with Gasteiger partial charge in [0.25, 0.3) is 0 Å². The molecule has 88 valence electrons. The van der Waals surface area contributed by atoms with Gasteiger partial charge in [-0.15, -0.1) is 0 Å². The molecule has 0 spiro atoms. The zero-order chi connectivity index (χ0) is 12.0. The van der Waals surface area contributed by atoms with Crippen molar-refractivity contribution in [3.05, 3.63) is 29.8 Å². The molecule has 0 aliphatic rings. The SMILES string of the molecule is CCC(OCc1cccc(OC)c1)C(N)=O. The zero-order valence-electron chi connectivity index (χ0n) is 9.60. The summed E-state index contributed by atoms with van der Waals surface area (Å²) in [7, 11) is 1.61. The number of carbonyl (C=O) groups is 1. The first kappa shape index (κ1) is 12.5. The fourth-order valence-corrected chi connectivity index (χ4v) is 1.36. The molecule has 1 unspecified atom stereocenters. The first-order chi connectivity index (χ1) is 7.67. The van der Waals surface area contributed by atoms with E-state index in [0.717, 1.165) is 11.3 Å². The van der Waals surface area contributed by atoms with Gasteiger partial charge >= 0.3 is 0 Å². The number of hydrogen-bond acceptors (Lipinski definition) is 3. The molecular formula is C12H17NO3. The Balaban J connectivity index is 2.56. The molecule has 0 heterocycles. The van der Waals surface area contributed by atoms with Crippen LogP contribution in [0.25, 0.3) is 0 Å². The third-order valence-corrected chi connectivity index (χ3v) is 2.27. The maximum absolute atomic E-state index is 10.9. The molecule has 0 aliphatic carbocycles. The van der Waals surface area contributed by atoms with E-state index in [0.29, 0.717) is 13.0 Å². The Morgan fingerprint density at radius 3 is 2.81 bits per heavy atom. The van der Waals surface area contributed by atoms with E-state index in [9.17, 15) is 4.79 Å². The molecule has 0 bridgehead atoms. The van der Waals surface area contributed by atoms with Crippen LogP contribution in [0.1, 0.15) is 18.9 Å². The molecule has 0 radical (unpaired) electrons. The summed E-state index contributed by atoms with van der Waals surface area (Å²) in [5, 5.41) is 0. The standard InChI is InChI=1S/C12H17NO3/c1-3-11(12(13)14)16-8-9-5-4-6-10(7-9)15-2/h4-7,11H,3,8H2,1-2H3,(H2,13,14). The van der Waals surface area contributed by atoms with Gasteiger partial charge in [0.05, 0.1) is 13.7 Å². The van der Waals surface area contributed by atoms with Crippen LogP contribution in [0, 0.1) is 0 Å². The summed E-state index contributed by atoms with van der Waals surface area (Å²) in [4.78, 5) is 10.9. The zero-order valence-corrected chi connectivity index (χ0v) is 9.60. The summed E-state index contributed by atoms with van der Waals surface area (Å²) in [5.41, 5.74) is 6.14. The number of amides is 1. The van der Waals surface area contributed by atoms with Gasteiger partial charge in [-0.1, -0.05) is 19.1 Å². The van der Waals surface area contributed by atoms with Crippen molar-refractivity contribution in [1.29, 1.82) is 0 Å². The van der Waals surface area contributed by atoms with Crippen LogP contribution in [-0.4, -0.2) is 19.1 Å². The highest BCUT2D eigenvalue weighted by Crippen LogP contribution is 2.14. The van der Waals surface area contributed by atoms with Crippen LogP contribution in [0.3, 0.4) is 0 Å². The second kappa shape index (κ2) is 6.12. The largest absolute Gasteiger partial charge is 0.497 e. The molecule has 1 aromatic carbocycles. The number of methoxy groups -OCH3 is 1. The van der Waals surface area contributed by atoms with Crippen molar-refractivity contribution in [2.45, 2.75) is 26.1 Å². The molecule has 0 saturated carbocycles. The average molecular weight is 223 g/mol. The van der Waals surface area contributed by atoms with E-state index in [1.807, 2.05) is 31.2 Å². The summed E-state index contributed by atoms with van der Waals surface area (Å²) in [6.45, 7) is 2.22. The van der Waals surface area contributed by atoms with E-state index in [1.54, 1.807) is 7.11 Å². The summed E-state index contributed by atoms with van der Waals surface area (Å²) in [6, 6.07) is 7.52. The summed E-state index contributed by atoms with van der Waals surface area (Å²) >= 11 is 0. The smallest absolute Gasteiger partial charge is 0.246 e. The summed E-state index contributed by atoms with van der Waals surface area (Å²) < 4.78 is 10.5. The lowest BCUT2D eigenvalue weighted by Crippen LogP contribution is -2.30. The number of nitrogens with two attached hydrogens (primary N) is 1. The van der Waals surface area contributed by atoms with Gasteiger partial charge in [0.15, 0.2) is 0 Å². The maximum Gasteiger partial charge on any atom is 0.246 e. The van der Waals surface area contributed by atoms with Crippen LogP contribution < -0.4 is 10.5 Å². The van der Waals surface area contributed by atoms with Crippen molar-refractivity contribution in [2.24, 2.45) is 5.73 Å². The van der Waals surface area contributed by atoms with Gasteiger partial charge in [0.1, 0.15) is 11.9 Å². The van der Waals surface area contributed by atoms with Crippen molar-refractivity contribution < 1.29 is 14.3 Å². The van der Waals surface area contributed by atoms with Gasteiger partial charge in [0, 0.05) is 0 Å². The fourth-order valence-electron chi connectivity index (χ4n) is 1.36. The predicted octanol–water partition coefficient (Wildman–Crippen LogP) is 1.48. The number of hydrogen-bond donors (Lipinski definition) is 1. The Kier molecular flexibility index (Phi) is 4.79. The predicted molar refractivity (Wildman–Crippen MR) is 61.1 cm³/mol. The molecule has 2 N–H and O–H groups in total. The normalized spacial score (nSPS) is 12.1. The monoisotopic (exact) mass is 223 g/mol. The number of primary amides is 1. The average Bonchev–Trinajstić information content (AvgIpc) is 2.29. The lowest BCUT2D eigenvalue weighted by Gasteiger charge is -2.12. The van der Waals surface area contributed by atoms with Crippen LogP contribution in [0.15, 0.2) is 24.3 Å². The molecule has 4 heteroatoms. The third kappa shape index (κ3) is 3.55. The summed E-state index contributed by atoms with van der Waals surface area (Å²) in [6.07, 6.45) is 0.0606. The number of benzene rings is 1. The molecule has 1 aromatic rings. The van der Waals surface area contributed by atoms with Crippen LogP contribution in [0.5, 0.6) is 5.75 Å². The third-order valence-electron chi connectivity index (χ3n) is 2.27. The Labute approximate surface area is 95.3 Å². The van der Waals surface area contributed by atoms with E-state index in [-0.39, 0.29) is 0 Å². The quantitative estimate of drug-likeness (QED) is 0.794. The lowest BCUT2D eigenvalue weighted by atomic mass is 10.2. The minimum absolute atomic E-state index is 0.360. The molecule has 1 rings (SSSR count). The first-order valence-electron chi connectivity index (χ1n) is 5.21. The van der Waals surface area contributed by atoms with Crippen molar-refractivity contribution in [3.63, 3.8) is 0 Å². The number of carbonyl (C=O) groups excluding carboxylic acids is 1. The van der Waals surface area contributed by atoms with Gasteiger partial charge in [0.2, 0.25) is 5.91 Å². The van der Waals surface area contributed by atoms with E-state index in [1.165, 1.54) is 0 Å². The van der Waals surface area contributed by atoms with E-state index in [2.05, 4.69) is 0 Å². The van der Waals surface area contributed by atoms with E-state index >= 15 is 0 Å². The van der Waals surface area contributed by atoms with Crippen LogP contribution in [-0.2, 0) is 16.1 Å². The van der Waals surface area contributed by atoms with E-state index in [4.69, 9.17) is 15.2 Å². The lowest BCUT2D eigenvalue weighted by molar-refractivity contribution is -0.130. The van der Waals surface area contributed by atoms with Gasteiger partial charge in [-0.05, 0) is 24.1 Å². The Morgan fingerprint density at radius 1 is 1.50 bits per heavy atom. The minimum Gasteiger partial charge on any atom is -0.497 e. The first-order valence-corrected chi connectivity index (χ1v) is 5.21.